The molecule has 25 heavy (non-hydrogen) atoms. The van der Waals surface area contributed by atoms with E-state index < -0.39 is 23.0 Å². The van der Waals surface area contributed by atoms with Crippen LogP contribution in [0.3, 0.4) is 0 Å². The minimum atomic E-state index is -4.50. The average molecular weight is 350 g/mol. The minimum Gasteiger partial charge on any atom is -0.469 e. The number of hydrogen-bond acceptors (Lipinski definition) is 5. The van der Waals surface area contributed by atoms with Gasteiger partial charge in [0.2, 0.25) is 0 Å². The molecule has 1 saturated heterocycles. The molecule has 0 spiro atoms. The zero-order valence-corrected chi connectivity index (χ0v) is 13.2. The van der Waals surface area contributed by atoms with Gasteiger partial charge in [0.25, 0.3) is 0 Å². The molecule has 2 aliphatic rings. The SMILES string of the molecule is COC(=O)[C@]12CN(c3ccc(C#N)n4nccc34)C[C@@]1(C(F)(F)F)C2. The molecule has 2 aromatic heterocycles. The number of rotatable bonds is 2. The lowest BCUT2D eigenvalue weighted by molar-refractivity contribution is -0.195. The van der Waals surface area contributed by atoms with Gasteiger partial charge in [-0.15, -0.1) is 0 Å². The molecule has 130 valence electrons. The topological polar surface area (TPSA) is 70.6 Å². The molecule has 0 amide bonds. The number of esters is 1. The Morgan fingerprint density at radius 2 is 2.12 bits per heavy atom. The summed E-state index contributed by atoms with van der Waals surface area (Å²) in [7, 11) is 1.11. The molecule has 0 N–H and O–H groups in total. The van der Waals surface area contributed by atoms with Gasteiger partial charge in [0.1, 0.15) is 22.6 Å². The Kier molecular flexibility index (Phi) is 2.93. The van der Waals surface area contributed by atoms with E-state index in [2.05, 4.69) is 9.84 Å². The molecule has 0 unspecified atom stereocenters. The molecular weight excluding hydrogens is 337 g/mol. The smallest absolute Gasteiger partial charge is 0.397 e. The zero-order chi connectivity index (χ0) is 18.0. The van der Waals surface area contributed by atoms with Gasteiger partial charge in [-0.1, -0.05) is 0 Å². The third-order valence-corrected chi connectivity index (χ3v) is 5.42. The quantitative estimate of drug-likeness (QED) is 0.776. The fraction of sp³-hybridized carbons (Fsp3) is 0.438. The number of halogens is 3. The molecule has 2 aromatic rings. The Morgan fingerprint density at radius 1 is 1.36 bits per heavy atom. The maximum absolute atomic E-state index is 13.7. The number of anilines is 1. The molecule has 2 fully saturated rings. The number of pyridine rings is 1. The molecule has 3 heterocycles. The van der Waals surface area contributed by atoms with Crippen LogP contribution < -0.4 is 4.90 Å². The van der Waals surface area contributed by atoms with Crippen LogP contribution in [0.4, 0.5) is 18.9 Å². The van der Waals surface area contributed by atoms with Crippen molar-refractivity contribution in [2.75, 3.05) is 25.1 Å². The van der Waals surface area contributed by atoms with Crippen LogP contribution in [0.25, 0.3) is 5.52 Å². The summed E-state index contributed by atoms with van der Waals surface area (Å²) in [6.07, 6.45) is -3.27. The average Bonchev–Trinajstić information content (AvgIpc) is 2.91. The Labute approximate surface area is 140 Å². The summed E-state index contributed by atoms with van der Waals surface area (Å²) in [6, 6.07) is 6.71. The second-order valence-corrected chi connectivity index (χ2v) is 6.53. The number of ether oxygens (including phenoxy) is 1. The standard InChI is InChI=1S/C16H13F3N4O2/c1-25-13(24)14-7-15(14,16(17,18)19)9-22(8-14)11-3-2-10(6-20)23-12(11)4-5-21-23/h2-5H,7-9H2,1H3/t14-,15-/m0/s1. The first-order valence-electron chi connectivity index (χ1n) is 7.57. The number of carbonyl (C=O) groups is 1. The van der Waals surface area contributed by atoms with Crippen LogP contribution in [-0.4, -0.2) is 42.0 Å². The van der Waals surface area contributed by atoms with E-state index in [0.717, 1.165) is 7.11 Å². The van der Waals surface area contributed by atoms with Crippen molar-refractivity contribution in [2.45, 2.75) is 12.6 Å². The molecule has 9 heteroatoms. The van der Waals surface area contributed by atoms with Gasteiger partial charge in [-0.3, -0.25) is 4.79 Å². The predicted octanol–water partition coefficient (Wildman–Crippen LogP) is 2.14. The predicted molar refractivity (Wildman–Crippen MR) is 79.7 cm³/mol. The van der Waals surface area contributed by atoms with Crippen LogP contribution in [0.15, 0.2) is 24.4 Å². The van der Waals surface area contributed by atoms with Crippen molar-refractivity contribution in [1.29, 1.82) is 5.26 Å². The number of hydrogen-bond donors (Lipinski definition) is 0. The molecule has 1 saturated carbocycles. The lowest BCUT2D eigenvalue weighted by Crippen LogP contribution is -2.35. The number of aromatic nitrogens is 2. The largest absolute Gasteiger partial charge is 0.469 e. The normalized spacial score (nSPS) is 27.9. The van der Waals surface area contributed by atoms with Crippen LogP contribution in [0.2, 0.25) is 0 Å². The second-order valence-electron chi connectivity index (χ2n) is 6.53. The summed E-state index contributed by atoms with van der Waals surface area (Å²) in [6.45, 7) is -0.399. The summed E-state index contributed by atoms with van der Waals surface area (Å²) >= 11 is 0. The van der Waals surface area contributed by atoms with E-state index in [1.54, 1.807) is 12.1 Å². The van der Waals surface area contributed by atoms with Crippen LogP contribution in [-0.2, 0) is 9.53 Å². The Morgan fingerprint density at radius 3 is 2.76 bits per heavy atom. The lowest BCUT2D eigenvalue weighted by Gasteiger charge is -2.24. The Bertz CT molecular complexity index is 932. The first kappa shape index (κ1) is 15.7. The summed E-state index contributed by atoms with van der Waals surface area (Å²) in [5, 5.41) is 13.2. The Balaban J connectivity index is 1.79. The first-order valence-corrected chi connectivity index (χ1v) is 7.57. The van der Waals surface area contributed by atoms with E-state index >= 15 is 0 Å². The van der Waals surface area contributed by atoms with Crippen molar-refractivity contribution in [2.24, 2.45) is 10.8 Å². The van der Waals surface area contributed by atoms with Crippen molar-refractivity contribution in [1.82, 2.24) is 9.61 Å². The zero-order valence-electron chi connectivity index (χ0n) is 13.2. The molecule has 0 radical (unpaired) electrons. The highest BCUT2D eigenvalue weighted by atomic mass is 19.4. The van der Waals surface area contributed by atoms with Crippen LogP contribution in [0, 0.1) is 22.2 Å². The monoisotopic (exact) mass is 350 g/mol. The number of nitriles is 1. The van der Waals surface area contributed by atoms with Crippen LogP contribution in [0.5, 0.6) is 0 Å². The maximum Gasteiger partial charge on any atom is 0.397 e. The number of piperidine rings is 1. The van der Waals surface area contributed by atoms with Gasteiger partial charge in [0.05, 0.1) is 24.5 Å². The van der Waals surface area contributed by atoms with Crippen molar-refractivity contribution < 1.29 is 22.7 Å². The fourth-order valence-corrected chi connectivity index (χ4v) is 4.11. The number of fused-ring (bicyclic) bond motifs is 2. The van der Waals surface area contributed by atoms with E-state index in [9.17, 15) is 18.0 Å². The molecule has 6 nitrogen and oxygen atoms in total. The number of nitrogens with zero attached hydrogens (tertiary/aromatic N) is 4. The van der Waals surface area contributed by atoms with E-state index in [1.807, 2.05) is 6.07 Å². The fourth-order valence-electron chi connectivity index (χ4n) is 4.11. The van der Waals surface area contributed by atoms with Gasteiger partial charge in [-0.05, 0) is 24.6 Å². The van der Waals surface area contributed by atoms with E-state index in [4.69, 9.17) is 5.26 Å². The van der Waals surface area contributed by atoms with Gasteiger partial charge in [-0.2, -0.15) is 23.5 Å². The number of carbonyl (C=O) groups excluding carboxylic acids is 1. The van der Waals surface area contributed by atoms with Gasteiger partial charge >= 0.3 is 12.1 Å². The van der Waals surface area contributed by atoms with E-state index in [0.29, 0.717) is 11.2 Å². The van der Waals surface area contributed by atoms with Crippen molar-refractivity contribution in [3.8, 4) is 6.07 Å². The summed E-state index contributed by atoms with van der Waals surface area (Å²) in [4.78, 5) is 13.6. The van der Waals surface area contributed by atoms with Gasteiger partial charge in [-0.25, -0.2) is 4.52 Å². The third kappa shape index (κ3) is 1.79. The number of methoxy groups -OCH3 is 1. The molecule has 2 atom stereocenters. The molecule has 4 rings (SSSR count). The highest BCUT2D eigenvalue weighted by Crippen LogP contribution is 2.75. The van der Waals surface area contributed by atoms with E-state index in [1.165, 1.54) is 21.7 Å². The van der Waals surface area contributed by atoms with Crippen molar-refractivity contribution in [3.63, 3.8) is 0 Å². The molecular formula is C16H13F3N4O2. The molecule has 0 bridgehead atoms. The highest BCUT2D eigenvalue weighted by Gasteiger charge is 2.87. The first-order chi connectivity index (χ1) is 11.8. The van der Waals surface area contributed by atoms with E-state index in [-0.39, 0.29) is 25.2 Å². The maximum atomic E-state index is 13.7. The lowest BCUT2D eigenvalue weighted by atomic mass is 9.96. The number of alkyl halides is 3. The minimum absolute atomic E-state index is 0.0775. The summed E-state index contributed by atoms with van der Waals surface area (Å²) in [5.74, 6) is -0.828. The molecule has 1 aliphatic heterocycles. The second kappa shape index (κ2) is 4.65. The van der Waals surface area contributed by atoms with Gasteiger partial charge in [0.15, 0.2) is 0 Å². The van der Waals surface area contributed by atoms with Crippen LogP contribution in [0.1, 0.15) is 12.1 Å². The summed E-state index contributed by atoms with van der Waals surface area (Å²) in [5.41, 5.74) is -2.34. The third-order valence-electron chi connectivity index (χ3n) is 5.42. The van der Waals surface area contributed by atoms with Gasteiger partial charge < -0.3 is 9.64 Å². The Hall–Kier alpha value is -2.76. The van der Waals surface area contributed by atoms with Gasteiger partial charge in [0, 0.05) is 13.1 Å². The van der Waals surface area contributed by atoms with Crippen LogP contribution >= 0.6 is 0 Å². The molecule has 1 aliphatic carbocycles. The van der Waals surface area contributed by atoms with Crippen molar-refractivity contribution >= 4 is 17.2 Å². The summed E-state index contributed by atoms with van der Waals surface area (Å²) < 4.78 is 47.1. The highest BCUT2D eigenvalue weighted by molar-refractivity contribution is 5.86. The van der Waals surface area contributed by atoms with Crippen molar-refractivity contribution in [3.05, 3.63) is 30.1 Å². The molecule has 0 aromatic carbocycles.